The lowest BCUT2D eigenvalue weighted by molar-refractivity contribution is -0.137. The Hall–Kier alpha value is -2.63. The first-order chi connectivity index (χ1) is 10.6. The minimum absolute atomic E-state index is 0.0251. The van der Waals surface area contributed by atoms with Gasteiger partial charge in [-0.25, -0.2) is 4.68 Å². The van der Waals surface area contributed by atoms with Crippen molar-refractivity contribution >= 4 is 11.9 Å². The molecule has 1 heterocycles. The van der Waals surface area contributed by atoms with Gasteiger partial charge in [-0.05, 0) is 30.5 Å². The van der Waals surface area contributed by atoms with E-state index in [0.29, 0.717) is 19.4 Å². The maximum Gasteiger partial charge on any atom is 0.303 e. The third kappa shape index (κ3) is 5.05. The highest BCUT2D eigenvalue weighted by Crippen LogP contribution is 2.07. The zero-order valence-electron chi connectivity index (χ0n) is 12.2. The number of rotatable bonds is 8. The first-order valence-corrected chi connectivity index (χ1v) is 7.22. The second-order valence-electron chi connectivity index (χ2n) is 4.98. The molecule has 2 N–H and O–H groups in total. The topological polar surface area (TPSA) is 84.2 Å². The molecule has 0 atom stereocenters. The van der Waals surface area contributed by atoms with Crippen LogP contribution in [0.15, 0.2) is 42.7 Å². The molecule has 6 nitrogen and oxygen atoms in total. The second-order valence-corrected chi connectivity index (χ2v) is 4.98. The number of nitrogens with zero attached hydrogens (tertiary/aromatic N) is 2. The zero-order chi connectivity index (χ0) is 15.8. The van der Waals surface area contributed by atoms with Gasteiger partial charge in [-0.15, -0.1) is 0 Å². The van der Waals surface area contributed by atoms with E-state index >= 15 is 0 Å². The van der Waals surface area contributed by atoms with Gasteiger partial charge in [0.15, 0.2) is 0 Å². The largest absolute Gasteiger partial charge is 0.481 e. The van der Waals surface area contributed by atoms with E-state index in [-0.39, 0.29) is 18.7 Å². The van der Waals surface area contributed by atoms with E-state index < -0.39 is 5.97 Å². The maximum atomic E-state index is 11.5. The van der Waals surface area contributed by atoms with Crippen LogP contribution in [-0.2, 0) is 16.0 Å². The van der Waals surface area contributed by atoms with Crippen molar-refractivity contribution in [1.82, 2.24) is 15.1 Å². The summed E-state index contributed by atoms with van der Waals surface area (Å²) in [6, 6.07) is 9.80. The molecule has 2 aromatic rings. The van der Waals surface area contributed by atoms with Crippen molar-refractivity contribution < 1.29 is 14.7 Å². The number of benzene rings is 1. The fraction of sp³-hybridized carbons (Fsp3) is 0.312. The summed E-state index contributed by atoms with van der Waals surface area (Å²) in [5, 5.41) is 15.6. The SMILES string of the molecule is O=C(O)CCCC(=O)NCCc1cnn(-c2ccccc2)c1. The molecule has 116 valence electrons. The molecule has 22 heavy (non-hydrogen) atoms. The minimum atomic E-state index is -0.874. The van der Waals surface area contributed by atoms with Crippen molar-refractivity contribution in [3.05, 3.63) is 48.3 Å². The predicted molar refractivity (Wildman–Crippen MR) is 81.8 cm³/mol. The first-order valence-electron chi connectivity index (χ1n) is 7.22. The quantitative estimate of drug-likeness (QED) is 0.778. The Kier molecular flexibility index (Phi) is 5.71. The Morgan fingerprint density at radius 3 is 2.68 bits per heavy atom. The normalized spacial score (nSPS) is 10.4. The average Bonchev–Trinajstić information content (AvgIpc) is 2.97. The summed E-state index contributed by atoms with van der Waals surface area (Å²) in [7, 11) is 0. The number of nitrogens with one attached hydrogen (secondary N) is 1. The van der Waals surface area contributed by atoms with Crippen LogP contribution in [0, 0.1) is 0 Å². The number of carboxylic acids is 1. The third-order valence-electron chi connectivity index (χ3n) is 3.19. The summed E-state index contributed by atoms with van der Waals surface area (Å²) in [4.78, 5) is 21.9. The van der Waals surface area contributed by atoms with Gasteiger partial charge < -0.3 is 10.4 Å². The summed E-state index contributed by atoms with van der Waals surface area (Å²) in [5.74, 6) is -0.988. The number of carbonyl (C=O) groups excluding carboxylic acids is 1. The molecule has 1 aromatic carbocycles. The Morgan fingerprint density at radius 2 is 1.95 bits per heavy atom. The van der Waals surface area contributed by atoms with Crippen LogP contribution >= 0.6 is 0 Å². The summed E-state index contributed by atoms with van der Waals surface area (Å²) in [6.45, 7) is 0.520. The lowest BCUT2D eigenvalue weighted by Gasteiger charge is -2.03. The molecule has 0 fully saturated rings. The molecule has 0 unspecified atom stereocenters. The van der Waals surface area contributed by atoms with Crippen LogP contribution < -0.4 is 5.32 Å². The number of aromatic nitrogens is 2. The molecule has 0 saturated heterocycles. The monoisotopic (exact) mass is 301 g/mol. The van der Waals surface area contributed by atoms with Crippen LogP contribution in [0.3, 0.4) is 0 Å². The summed E-state index contributed by atoms with van der Waals surface area (Å²) >= 11 is 0. The van der Waals surface area contributed by atoms with Crippen molar-refractivity contribution in [2.24, 2.45) is 0 Å². The lowest BCUT2D eigenvalue weighted by Crippen LogP contribution is -2.25. The molecule has 0 spiro atoms. The number of carbonyl (C=O) groups is 2. The third-order valence-corrected chi connectivity index (χ3v) is 3.19. The fourth-order valence-electron chi connectivity index (χ4n) is 2.05. The lowest BCUT2D eigenvalue weighted by atomic mass is 10.2. The van der Waals surface area contributed by atoms with E-state index in [9.17, 15) is 9.59 Å². The highest BCUT2D eigenvalue weighted by atomic mass is 16.4. The van der Waals surface area contributed by atoms with Gasteiger partial charge in [0.05, 0.1) is 11.9 Å². The molecular formula is C16H19N3O3. The molecule has 6 heteroatoms. The number of hydrogen-bond donors (Lipinski definition) is 2. The predicted octanol–water partition coefficient (Wildman–Crippen LogP) is 1.79. The van der Waals surface area contributed by atoms with Crippen LogP contribution in [-0.4, -0.2) is 33.3 Å². The summed E-state index contributed by atoms with van der Waals surface area (Å²) in [6.07, 6.45) is 5.05. The Morgan fingerprint density at radius 1 is 1.18 bits per heavy atom. The van der Waals surface area contributed by atoms with Crippen LogP contribution in [0.1, 0.15) is 24.8 Å². The standard InChI is InChI=1S/C16H19N3O3/c20-15(7-4-8-16(21)22)17-10-9-13-11-18-19(12-13)14-5-2-1-3-6-14/h1-3,5-6,11-12H,4,7-10H2,(H,17,20)(H,21,22). The number of aliphatic carboxylic acids is 1. The number of para-hydroxylation sites is 1. The van der Waals surface area contributed by atoms with E-state index in [1.54, 1.807) is 10.9 Å². The van der Waals surface area contributed by atoms with E-state index in [0.717, 1.165) is 11.3 Å². The van der Waals surface area contributed by atoms with Gasteiger partial charge in [0.1, 0.15) is 0 Å². The van der Waals surface area contributed by atoms with E-state index in [1.807, 2.05) is 36.5 Å². The van der Waals surface area contributed by atoms with E-state index in [2.05, 4.69) is 10.4 Å². The molecular weight excluding hydrogens is 282 g/mol. The molecule has 1 aromatic heterocycles. The molecule has 0 saturated carbocycles. The Labute approximate surface area is 128 Å². The maximum absolute atomic E-state index is 11.5. The van der Waals surface area contributed by atoms with Crippen molar-refractivity contribution in [3.63, 3.8) is 0 Å². The molecule has 0 bridgehead atoms. The number of carboxylic acid groups (broad SMARTS) is 1. The molecule has 0 aliphatic heterocycles. The molecule has 0 aliphatic rings. The number of amides is 1. The molecule has 0 aliphatic carbocycles. The summed E-state index contributed by atoms with van der Waals surface area (Å²) < 4.78 is 1.80. The van der Waals surface area contributed by atoms with Crippen molar-refractivity contribution in [2.45, 2.75) is 25.7 Å². The minimum Gasteiger partial charge on any atom is -0.481 e. The molecule has 1 amide bonds. The summed E-state index contributed by atoms with van der Waals surface area (Å²) in [5.41, 5.74) is 2.03. The molecule has 2 rings (SSSR count). The van der Waals surface area contributed by atoms with Gasteiger partial charge in [0.2, 0.25) is 5.91 Å². The van der Waals surface area contributed by atoms with Gasteiger partial charge in [0, 0.05) is 25.6 Å². The van der Waals surface area contributed by atoms with Crippen LogP contribution in [0.4, 0.5) is 0 Å². The van der Waals surface area contributed by atoms with Gasteiger partial charge >= 0.3 is 5.97 Å². The smallest absolute Gasteiger partial charge is 0.303 e. The second kappa shape index (κ2) is 7.97. The zero-order valence-corrected chi connectivity index (χ0v) is 12.2. The van der Waals surface area contributed by atoms with Crippen LogP contribution in [0.5, 0.6) is 0 Å². The fourth-order valence-corrected chi connectivity index (χ4v) is 2.05. The Balaban J connectivity index is 1.73. The van der Waals surface area contributed by atoms with Crippen molar-refractivity contribution in [3.8, 4) is 5.69 Å². The highest BCUT2D eigenvalue weighted by molar-refractivity contribution is 5.76. The van der Waals surface area contributed by atoms with Crippen LogP contribution in [0.25, 0.3) is 5.69 Å². The van der Waals surface area contributed by atoms with E-state index in [1.165, 1.54) is 0 Å². The highest BCUT2D eigenvalue weighted by Gasteiger charge is 2.04. The van der Waals surface area contributed by atoms with E-state index in [4.69, 9.17) is 5.11 Å². The number of hydrogen-bond acceptors (Lipinski definition) is 3. The Bertz CT molecular complexity index is 623. The van der Waals surface area contributed by atoms with Gasteiger partial charge in [0.25, 0.3) is 0 Å². The van der Waals surface area contributed by atoms with Crippen LogP contribution in [0.2, 0.25) is 0 Å². The van der Waals surface area contributed by atoms with Gasteiger partial charge in [-0.2, -0.15) is 5.10 Å². The van der Waals surface area contributed by atoms with Crippen molar-refractivity contribution in [2.75, 3.05) is 6.54 Å². The van der Waals surface area contributed by atoms with Gasteiger partial charge in [-0.1, -0.05) is 18.2 Å². The average molecular weight is 301 g/mol. The van der Waals surface area contributed by atoms with Gasteiger partial charge in [-0.3, -0.25) is 9.59 Å². The van der Waals surface area contributed by atoms with Crippen molar-refractivity contribution in [1.29, 1.82) is 0 Å². The molecule has 0 radical (unpaired) electrons. The first kappa shape index (κ1) is 15.8.